The summed E-state index contributed by atoms with van der Waals surface area (Å²) in [5, 5.41) is 0. The van der Waals surface area contributed by atoms with E-state index in [1.165, 1.54) is 16.7 Å². The molecule has 1 aliphatic carbocycles. The van der Waals surface area contributed by atoms with E-state index in [4.69, 9.17) is 0 Å². The number of allylic oxidation sites excluding steroid dienone is 2. The molecular formula is C14H17NO. The van der Waals surface area contributed by atoms with Crippen LogP contribution in [0.3, 0.4) is 0 Å². The number of aldehydes is 1. The van der Waals surface area contributed by atoms with E-state index in [-0.39, 0.29) is 5.92 Å². The summed E-state index contributed by atoms with van der Waals surface area (Å²) in [6.45, 7) is 6.27. The number of hydrogen-bond donors (Lipinski definition) is 0. The third-order valence-corrected chi connectivity index (χ3v) is 3.64. The fourth-order valence-electron chi connectivity index (χ4n) is 2.29. The molecule has 2 nitrogen and oxygen atoms in total. The van der Waals surface area contributed by atoms with Gasteiger partial charge in [0.1, 0.15) is 6.29 Å². The molecule has 0 spiro atoms. The van der Waals surface area contributed by atoms with Crippen molar-refractivity contribution in [2.24, 2.45) is 11.8 Å². The van der Waals surface area contributed by atoms with Gasteiger partial charge >= 0.3 is 0 Å². The Morgan fingerprint density at radius 1 is 1.38 bits per heavy atom. The molecule has 16 heavy (non-hydrogen) atoms. The molecule has 1 aromatic rings. The molecule has 0 saturated carbocycles. The zero-order chi connectivity index (χ0) is 11.7. The second-order valence-corrected chi connectivity index (χ2v) is 4.68. The van der Waals surface area contributed by atoms with E-state index < -0.39 is 0 Å². The van der Waals surface area contributed by atoms with Gasteiger partial charge in [0.05, 0.1) is 5.69 Å². The topological polar surface area (TPSA) is 30.0 Å². The SMILES string of the molecule is CC1=C(c2ccc(C)cn2)C[C@@H](C=O)[C@@H]1C. The molecule has 0 radical (unpaired) electrons. The van der Waals surface area contributed by atoms with Gasteiger partial charge in [-0.2, -0.15) is 0 Å². The lowest BCUT2D eigenvalue weighted by molar-refractivity contribution is -0.111. The Morgan fingerprint density at radius 2 is 2.12 bits per heavy atom. The summed E-state index contributed by atoms with van der Waals surface area (Å²) in [6.07, 6.45) is 3.80. The third kappa shape index (κ3) is 1.80. The molecule has 1 heterocycles. The first kappa shape index (κ1) is 11.1. The van der Waals surface area contributed by atoms with Crippen molar-refractivity contribution >= 4 is 11.9 Å². The molecule has 2 atom stereocenters. The predicted octanol–water partition coefficient (Wildman–Crippen LogP) is 3.02. The number of aryl methyl sites for hydroxylation is 1. The van der Waals surface area contributed by atoms with Crippen molar-refractivity contribution in [1.29, 1.82) is 0 Å². The minimum Gasteiger partial charge on any atom is -0.303 e. The van der Waals surface area contributed by atoms with Crippen LogP contribution < -0.4 is 0 Å². The number of rotatable bonds is 2. The molecule has 0 fully saturated rings. The van der Waals surface area contributed by atoms with Gasteiger partial charge < -0.3 is 4.79 Å². The Labute approximate surface area is 96.4 Å². The van der Waals surface area contributed by atoms with Crippen molar-refractivity contribution in [3.8, 4) is 0 Å². The molecule has 2 rings (SSSR count). The zero-order valence-electron chi connectivity index (χ0n) is 10.0. The highest BCUT2D eigenvalue weighted by molar-refractivity contribution is 5.74. The number of aromatic nitrogens is 1. The number of carbonyl (C=O) groups is 1. The van der Waals surface area contributed by atoms with Gasteiger partial charge in [0.15, 0.2) is 0 Å². The highest BCUT2D eigenvalue weighted by Gasteiger charge is 2.29. The molecule has 0 bridgehead atoms. The average Bonchev–Trinajstić information content (AvgIpc) is 2.57. The van der Waals surface area contributed by atoms with E-state index in [9.17, 15) is 4.79 Å². The first-order chi connectivity index (χ1) is 7.63. The van der Waals surface area contributed by atoms with Crippen LogP contribution in [0.15, 0.2) is 23.9 Å². The van der Waals surface area contributed by atoms with Crippen LogP contribution in [0.1, 0.15) is 31.5 Å². The Kier molecular flexibility index (Phi) is 2.90. The van der Waals surface area contributed by atoms with Crippen LogP contribution in [-0.2, 0) is 4.79 Å². The Hall–Kier alpha value is -1.44. The van der Waals surface area contributed by atoms with Crippen molar-refractivity contribution in [3.63, 3.8) is 0 Å². The largest absolute Gasteiger partial charge is 0.303 e. The van der Waals surface area contributed by atoms with Gasteiger partial charge in [0.2, 0.25) is 0 Å². The zero-order valence-corrected chi connectivity index (χ0v) is 10.0. The summed E-state index contributed by atoms with van der Waals surface area (Å²) in [5.41, 5.74) is 4.76. The van der Waals surface area contributed by atoms with Crippen molar-refractivity contribution in [2.45, 2.75) is 27.2 Å². The van der Waals surface area contributed by atoms with E-state index >= 15 is 0 Å². The predicted molar refractivity (Wildman–Crippen MR) is 64.9 cm³/mol. The van der Waals surface area contributed by atoms with Crippen LogP contribution in [0.2, 0.25) is 0 Å². The van der Waals surface area contributed by atoms with Crippen molar-refractivity contribution in [1.82, 2.24) is 4.98 Å². The van der Waals surface area contributed by atoms with Gasteiger partial charge in [0, 0.05) is 12.1 Å². The summed E-state index contributed by atoms with van der Waals surface area (Å²) in [6, 6.07) is 4.12. The Bertz CT molecular complexity index is 431. The molecule has 0 amide bonds. The first-order valence-corrected chi connectivity index (χ1v) is 5.71. The van der Waals surface area contributed by atoms with Gasteiger partial charge in [-0.25, -0.2) is 0 Å². The van der Waals surface area contributed by atoms with Crippen LogP contribution >= 0.6 is 0 Å². The molecule has 0 aliphatic heterocycles. The maximum Gasteiger partial charge on any atom is 0.123 e. The molecule has 0 saturated heterocycles. The van der Waals surface area contributed by atoms with Crippen molar-refractivity contribution in [3.05, 3.63) is 35.2 Å². The van der Waals surface area contributed by atoms with Gasteiger partial charge in [-0.3, -0.25) is 4.98 Å². The minimum atomic E-state index is 0.137. The van der Waals surface area contributed by atoms with Crippen LogP contribution in [0.5, 0.6) is 0 Å². The maximum absolute atomic E-state index is 10.9. The summed E-state index contributed by atoms with van der Waals surface area (Å²) in [4.78, 5) is 15.4. The molecule has 1 aliphatic rings. The fraction of sp³-hybridized carbons (Fsp3) is 0.429. The van der Waals surface area contributed by atoms with E-state index in [0.717, 1.165) is 18.4 Å². The van der Waals surface area contributed by atoms with Crippen LogP contribution in [0.4, 0.5) is 0 Å². The molecule has 1 aromatic heterocycles. The van der Waals surface area contributed by atoms with Crippen molar-refractivity contribution < 1.29 is 4.79 Å². The third-order valence-electron chi connectivity index (χ3n) is 3.64. The van der Waals surface area contributed by atoms with Crippen LogP contribution in [0, 0.1) is 18.8 Å². The smallest absolute Gasteiger partial charge is 0.123 e. The minimum absolute atomic E-state index is 0.137. The van der Waals surface area contributed by atoms with Gasteiger partial charge in [-0.1, -0.05) is 18.6 Å². The number of carbonyl (C=O) groups excluding carboxylic acids is 1. The Balaban J connectivity index is 2.35. The maximum atomic E-state index is 10.9. The highest BCUT2D eigenvalue weighted by atomic mass is 16.1. The second kappa shape index (κ2) is 4.20. The van der Waals surface area contributed by atoms with Gasteiger partial charge in [-0.15, -0.1) is 0 Å². The lowest BCUT2D eigenvalue weighted by Gasteiger charge is -2.08. The summed E-state index contributed by atoms with van der Waals surface area (Å²) in [7, 11) is 0. The lowest BCUT2D eigenvalue weighted by Crippen LogP contribution is -2.07. The molecule has 2 heteroatoms. The lowest BCUT2D eigenvalue weighted by atomic mass is 9.95. The normalized spacial score (nSPS) is 24.9. The van der Waals surface area contributed by atoms with E-state index in [2.05, 4.69) is 24.9 Å². The quantitative estimate of drug-likeness (QED) is 0.710. The van der Waals surface area contributed by atoms with Crippen LogP contribution in [-0.4, -0.2) is 11.3 Å². The Morgan fingerprint density at radius 3 is 2.62 bits per heavy atom. The molecular weight excluding hydrogens is 198 g/mol. The summed E-state index contributed by atoms with van der Waals surface area (Å²) in [5.74, 6) is 0.494. The number of nitrogens with zero attached hydrogens (tertiary/aromatic N) is 1. The summed E-state index contributed by atoms with van der Waals surface area (Å²) < 4.78 is 0. The van der Waals surface area contributed by atoms with E-state index in [1.54, 1.807) is 0 Å². The summed E-state index contributed by atoms with van der Waals surface area (Å²) >= 11 is 0. The van der Waals surface area contributed by atoms with E-state index in [0.29, 0.717) is 5.92 Å². The standard InChI is InChI=1S/C14H17NO/c1-9-4-5-14(15-7-9)13-6-12(8-16)10(2)11(13)3/h4-5,7-8,10,12H,6H2,1-3H3/t10-,12+/m1/s1. The molecule has 84 valence electrons. The first-order valence-electron chi connectivity index (χ1n) is 5.71. The molecule has 0 aromatic carbocycles. The monoisotopic (exact) mass is 215 g/mol. The molecule has 0 N–H and O–H groups in total. The van der Waals surface area contributed by atoms with E-state index in [1.807, 2.05) is 19.2 Å². The van der Waals surface area contributed by atoms with Gasteiger partial charge in [-0.05, 0) is 43.4 Å². The van der Waals surface area contributed by atoms with Crippen molar-refractivity contribution in [2.75, 3.05) is 0 Å². The average molecular weight is 215 g/mol. The number of pyridine rings is 1. The highest BCUT2D eigenvalue weighted by Crippen LogP contribution is 2.40. The van der Waals surface area contributed by atoms with Crippen LogP contribution in [0.25, 0.3) is 5.57 Å². The number of hydrogen-bond acceptors (Lipinski definition) is 2. The second-order valence-electron chi connectivity index (χ2n) is 4.68. The molecule has 0 unspecified atom stereocenters. The van der Waals surface area contributed by atoms with Gasteiger partial charge in [0.25, 0.3) is 0 Å². The fourth-order valence-corrected chi connectivity index (χ4v) is 2.29.